The van der Waals surface area contributed by atoms with Crippen LogP contribution in [-0.4, -0.2) is 46.2 Å². The fourth-order valence-electron chi connectivity index (χ4n) is 3.54. The molecular weight excluding hydrogens is 529 g/mol. The molecule has 0 bridgehead atoms. The van der Waals surface area contributed by atoms with E-state index in [1.807, 2.05) is 0 Å². The molecule has 198 valence electrons. The van der Waals surface area contributed by atoms with Gasteiger partial charge < -0.3 is 15.2 Å². The number of anilines is 1. The SMILES string of the molecule is COc1ccc(C(=O)Nc2cnccc2Cn2cc(O)n(-c3ccc(S(=O)(=O)C(F)(F)F)cc3)c2=O)cc1. The lowest BCUT2D eigenvalue weighted by Gasteiger charge is -2.11. The molecule has 0 aliphatic rings. The van der Waals surface area contributed by atoms with E-state index < -0.39 is 37.7 Å². The Morgan fingerprint density at radius 3 is 2.34 bits per heavy atom. The van der Waals surface area contributed by atoms with Crippen molar-refractivity contribution in [3.05, 3.63) is 94.8 Å². The summed E-state index contributed by atoms with van der Waals surface area (Å²) in [6, 6.07) is 11.3. The number of hydrogen-bond donors (Lipinski definition) is 2. The molecule has 10 nitrogen and oxygen atoms in total. The fourth-order valence-corrected chi connectivity index (χ4v) is 4.30. The van der Waals surface area contributed by atoms with Crippen molar-refractivity contribution in [3.8, 4) is 17.3 Å². The molecular formula is C24H19F3N4O6S. The maximum atomic E-state index is 13.0. The van der Waals surface area contributed by atoms with E-state index in [0.29, 0.717) is 34.7 Å². The molecule has 0 spiro atoms. The number of nitrogens with one attached hydrogen (secondary N) is 1. The highest BCUT2D eigenvalue weighted by atomic mass is 32.2. The number of imidazole rings is 1. The number of pyridine rings is 1. The molecule has 2 heterocycles. The third kappa shape index (κ3) is 5.11. The first-order valence-electron chi connectivity index (χ1n) is 10.7. The maximum absolute atomic E-state index is 13.0. The maximum Gasteiger partial charge on any atom is 0.501 e. The summed E-state index contributed by atoms with van der Waals surface area (Å²) >= 11 is 0. The Morgan fingerprint density at radius 2 is 1.74 bits per heavy atom. The van der Waals surface area contributed by atoms with Crippen molar-refractivity contribution in [2.24, 2.45) is 0 Å². The van der Waals surface area contributed by atoms with Crippen molar-refractivity contribution in [1.82, 2.24) is 14.1 Å². The summed E-state index contributed by atoms with van der Waals surface area (Å²) in [5.74, 6) is -0.410. The minimum absolute atomic E-state index is 0.0601. The lowest BCUT2D eigenvalue weighted by atomic mass is 10.1. The number of hydrogen-bond acceptors (Lipinski definition) is 7. The normalized spacial score (nSPS) is 11.8. The predicted molar refractivity (Wildman–Crippen MR) is 129 cm³/mol. The highest BCUT2D eigenvalue weighted by molar-refractivity contribution is 7.92. The molecule has 1 amide bonds. The van der Waals surface area contributed by atoms with Crippen LogP contribution in [0.2, 0.25) is 0 Å². The first-order valence-corrected chi connectivity index (χ1v) is 12.2. The van der Waals surface area contributed by atoms with Crippen LogP contribution in [0.4, 0.5) is 18.9 Å². The van der Waals surface area contributed by atoms with E-state index in [1.165, 1.54) is 19.5 Å². The summed E-state index contributed by atoms with van der Waals surface area (Å²) in [5.41, 5.74) is -5.20. The van der Waals surface area contributed by atoms with Gasteiger partial charge in [-0.2, -0.15) is 13.2 Å². The number of carbonyl (C=O) groups excluding carboxylic acids is 1. The van der Waals surface area contributed by atoms with Gasteiger partial charge in [0.1, 0.15) is 5.75 Å². The van der Waals surface area contributed by atoms with Gasteiger partial charge in [0.25, 0.3) is 15.7 Å². The molecule has 0 radical (unpaired) electrons. The Hall–Kier alpha value is -4.59. The van der Waals surface area contributed by atoms with Crippen molar-refractivity contribution >= 4 is 21.4 Å². The molecule has 4 rings (SSSR count). The average molecular weight is 548 g/mol. The molecule has 14 heteroatoms. The van der Waals surface area contributed by atoms with E-state index in [9.17, 15) is 36.3 Å². The van der Waals surface area contributed by atoms with Gasteiger partial charge in [0, 0.05) is 11.8 Å². The number of methoxy groups -OCH3 is 1. The summed E-state index contributed by atoms with van der Waals surface area (Å²) in [6.45, 7) is -0.110. The van der Waals surface area contributed by atoms with Crippen molar-refractivity contribution < 1.29 is 36.2 Å². The quantitative estimate of drug-likeness (QED) is 0.362. The van der Waals surface area contributed by atoms with Gasteiger partial charge in [-0.1, -0.05) is 0 Å². The Labute approximate surface area is 213 Å². The van der Waals surface area contributed by atoms with Crippen LogP contribution in [0.1, 0.15) is 15.9 Å². The summed E-state index contributed by atoms with van der Waals surface area (Å²) in [5, 5.41) is 13.1. The highest BCUT2D eigenvalue weighted by Crippen LogP contribution is 2.31. The van der Waals surface area contributed by atoms with Crippen molar-refractivity contribution in [1.29, 1.82) is 0 Å². The van der Waals surface area contributed by atoms with Gasteiger partial charge in [0.05, 0.1) is 42.3 Å². The van der Waals surface area contributed by atoms with E-state index in [1.54, 1.807) is 30.3 Å². The summed E-state index contributed by atoms with van der Waals surface area (Å²) in [7, 11) is -4.07. The summed E-state index contributed by atoms with van der Waals surface area (Å²) in [6.07, 6.45) is 3.93. The van der Waals surface area contributed by atoms with Crippen LogP contribution in [0, 0.1) is 0 Å². The average Bonchev–Trinajstić information content (AvgIpc) is 3.16. The lowest BCUT2D eigenvalue weighted by Crippen LogP contribution is -2.25. The van der Waals surface area contributed by atoms with E-state index >= 15 is 0 Å². The van der Waals surface area contributed by atoms with E-state index in [2.05, 4.69) is 10.3 Å². The number of aromatic hydroxyl groups is 1. The topological polar surface area (TPSA) is 133 Å². The fraction of sp³-hybridized carbons (Fsp3) is 0.125. The van der Waals surface area contributed by atoms with Crippen LogP contribution in [0.25, 0.3) is 5.69 Å². The minimum Gasteiger partial charge on any atom is -0.497 e. The number of amides is 1. The van der Waals surface area contributed by atoms with Crippen molar-refractivity contribution in [2.75, 3.05) is 12.4 Å². The Balaban J connectivity index is 1.60. The monoisotopic (exact) mass is 548 g/mol. The molecule has 2 N–H and O–H groups in total. The second-order valence-corrected chi connectivity index (χ2v) is 9.83. The molecule has 38 heavy (non-hydrogen) atoms. The van der Waals surface area contributed by atoms with Crippen LogP contribution in [0.5, 0.6) is 11.6 Å². The number of benzene rings is 2. The Morgan fingerprint density at radius 1 is 1.08 bits per heavy atom. The van der Waals surface area contributed by atoms with Gasteiger partial charge >= 0.3 is 11.2 Å². The molecule has 0 atom stereocenters. The molecule has 0 aliphatic carbocycles. The van der Waals surface area contributed by atoms with Crippen LogP contribution in [0.3, 0.4) is 0 Å². The lowest BCUT2D eigenvalue weighted by molar-refractivity contribution is -0.0436. The molecule has 2 aromatic carbocycles. The van der Waals surface area contributed by atoms with Crippen molar-refractivity contribution in [2.45, 2.75) is 16.9 Å². The smallest absolute Gasteiger partial charge is 0.497 e. The molecule has 0 unspecified atom stereocenters. The van der Waals surface area contributed by atoms with E-state index in [-0.39, 0.29) is 12.2 Å². The highest BCUT2D eigenvalue weighted by Gasteiger charge is 2.46. The van der Waals surface area contributed by atoms with E-state index in [4.69, 9.17) is 4.74 Å². The number of halogens is 3. The Bertz CT molecular complexity index is 1640. The number of sulfone groups is 1. The first-order chi connectivity index (χ1) is 17.9. The van der Waals surface area contributed by atoms with Crippen LogP contribution < -0.4 is 15.7 Å². The second kappa shape index (κ2) is 10.0. The molecule has 4 aromatic rings. The summed E-state index contributed by atoms with van der Waals surface area (Å²) in [4.78, 5) is 28.7. The zero-order valence-corrected chi connectivity index (χ0v) is 20.3. The van der Waals surface area contributed by atoms with E-state index in [0.717, 1.165) is 27.5 Å². The molecule has 0 aliphatic heterocycles. The van der Waals surface area contributed by atoms with Crippen molar-refractivity contribution in [3.63, 3.8) is 0 Å². The van der Waals surface area contributed by atoms with Gasteiger partial charge in [0.15, 0.2) is 0 Å². The third-order valence-electron chi connectivity index (χ3n) is 5.50. The number of rotatable bonds is 7. The zero-order valence-electron chi connectivity index (χ0n) is 19.5. The number of aromatic nitrogens is 3. The second-order valence-electron chi connectivity index (χ2n) is 7.89. The summed E-state index contributed by atoms with van der Waals surface area (Å²) < 4.78 is 68.5. The number of ether oxygens (including phenoxy) is 1. The van der Waals surface area contributed by atoms with Crippen LogP contribution in [-0.2, 0) is 16.4 Å². The van der Waals surface area contributed by atoms with Gasteiger partial charge in [-0.25, -0.2) is 17.8 Å². The largest absolute Gasteiger partial charge is 0.501 e. The van der Waals surface area contributed by atoms with Gasteiger partial charge in [-0.05, 0) is 60.2 Å². The van der Waals surface area contributed by atoms with Crippen LogP contribution >= 0.6 is 0 Å². The van der Waals surface area contributed by atoms with Gasteiger partial charge in [0.2, 0.25) is 5.88 Å². The number of alkyl halides is 3. The van der Waals surface area contributed by atoms with Gasteiger partial charge in [-0.15, -0.1) is 0 Å². The van der Waals surface area contributed by atoms with Gasteiger partial charge in [-0.3, -0.25) is 14.3 Å². The number of carbonyl (C=O) groups is 1. The third-order valence-corrected chi connectivity index (χ3v) is 7.00. The predicted octanol–water partition coefficient (Wildman–Crippen LogP) is 3.34. The zero-order chi connectivity index (χ0) is 27.7. The standard InChI is InChI=1S/C24H19F3N4O6S/c1-37-18-6-2-15(3-7-18)22(33)29-20-12-28-11-10-16(20)13-30-14-21(32)31(23(30)34)17-4-8-19(9-5-17)38(35,36)24(25,26)27/h2-12,14,32H,13H2,1H3,(H,29,33). The molecule has 0 saturated carbocycles. The molecule has 0 saturated heterocycles. The molecule has 0 fully saturated rings. The Kier molecular flexibility index (Phi) is 7.00. The molecule has 2 aromatic heterocycles. The number of nitrogens with zero attached hydrogens (tertiary/aromatic N) is 3. The first kappa shape index (κ1) is 26.5. The minimum atomic E-state index is -5.57. The van der Waals surface area contributed by atoms with Crippen LogP contribution in [0.15, 0.2) is 82.9 Å².